The van der Waals surface area contributed by atoms with E-state index in [1.54, 1.807) is 0 Å². The monoisotopic (exact) mass is 273 g/mol. The average molecular weight is 273 g/mol. The molecule has 1 aromatic rings. The van der Waals surface area contributed by atoms with Crippen molar-refractivity contribution in [1.82, 2.24) is 4.90 Å². The van der Waals surface area contributed by atoms with E-state index in [9.17, 15) is 4.79 Å². The lowest BCUT2D eigenvalue weighted by Gasteiger charge is -2.32. The summed E-state index contributed by atoms with van der Waals surface area (Å²) in [5.41, 5.74) is 2.94. The van der Waals surface area contributed by atoms with Crippen molar-refractivity contribution in [3.05, 3.63) is 23.8 Å². The molecule has 0 bridgehead atoms. The van der Waals surface area contributed by atoms with Crippen LogP contribution in [0.5, 0.6) is 0 Å². The lowest BCUT2D eigenvalue weighted by atomic mass is 9.94. The molecule has 1 amide bonds. The van der Waals surface area contributed by atoms with E-state index < -0.39 is 0 Å². The molecule has 0 atom stereocenters. The van der Waals surface area contributed by atoms with Crippen LogP contribution < -0.4 is 10.6 Å². The van der Waals surface area contributed by atoms with Crippen LogP contribution in [0.15, 0.2) is 18.2 Å². The number of carbonyl (C=O) groups is 1. The third-order valence-electron chi connectivity index (χ3n) is 4.50. The van der Waals surface area contributed by atoms with Gasteiger partial charge >= 0.3 is 0 Å². The molecule has 108 valence electrons. The van der Waals surface area contributed by atoms with E-state index in [0.717, 1.165) is 61.9 Å². The second-order valence-electron chi connectivity index (χ2n) is 5.76. The SMILES string of the molecule is CCC1CCN(C(=O)c2ccc3c(c2)NCCN3)CC1. The molecule has 0 saturated carbocycles. The van der Waals surface area contributed by atoms with Gasteiger partial charge in [0.25, 0.3) is 5.91 Å². The minimum absolute atomic E-state index is 0.176. The van der Waals surface area contributed by atoms with Crippen molar-refractivity contribution in [2.24, 2.45) is 5.92 Å². The topological polar surface area (TPSA) is 44.4 Å². The molecule has 1 fully saturated rings. The first-order chi connectivity index (χ1) is 9.78. The number of hydrogen-bond donors (Lipinski definition) is 2. The van der Waals surface area contributed by atoms with Crippen LogP contribution in [0.3, 0.4) is 0 Å². The van der Waals surface area contributed by atoms with Crippen LogP contribution in [0.2, 0.25) is 0 Å². The summed E-state index contributed by atoms with van der Waals surface area (Å²) in [5, 5.41) is 6.68. The van der Waals surface area contributed by atoms with Crippen molar-refractivity contribution in [2.75, 3.05) is 36.8 Å². The molecule has 2 N–H and O–H groups in total. The molecule has 2 aliphatic heterocycles. The number of rotatable bonds is 2. The van der Waals surface area contributed by atoms with Crippen LogP contribution in [0, 0.1) is 5.92 Å². The Bertz CT molecular complexity index is 492. The number of benzene rings is 1. The van der Waals surface area contributed by atoms with Gasteiger partial charge in [0.05, 0.1) is 11.4 Å². The number of nitrogens with zero attached hydrogens (tertiary/aromatic N) is 1. The summed E-state index contributed by atoms with van der Waals surface area (Å²) in [6, 6.07) is 5.93. The third kappa shape index (κ3) is 2.60. The van der Waals surface area contributed by atoms with Gasteiger partial charge in [-0.15, -0.1) is 0 Å². The van der Waals surface area contributed by atoms with Crippen LogP contribution in [-0.2, 0) is 0 Å². The average Bonchev–Trinajstić information content (AvgIpc) is 2.54. The summed E-state index contributed by atoms with van der Waals surface area (Å²) in [5.74, 6) is 0.975. The fraction of sp³-hybridized carbons (Fsp3) is 0.562. The number of hydrogen-bond acceptors (Lipinski definition) is 3. The van der Waals surface area contributed by atoms with Gasteiger partial charge in [0, 0.05) is 31.7 Å². The van der Waals surface area contributed by atoms with Gasteiger partial charge in [-0.3, -0.25) is 4.79 Å². The van der Waals surface area contributed by atoms with Gasteiger partial charge in [-0.25, -0.2) is 0 Å². The Balaban J connectivity index is 1.71. The maximum Gasteiger partial charge on any atom is 0.253 e. The second-order valence-corrected chi connectivity index (χ2v) is 5.76. The quantitative estimate of drug-likeness (QED) is 0.871. The molecule has 0 aromatic heterocycles. The molecule has 4 heteroatoms. The van der Waals surface area contributed by atoms with Gasteiger partial charge < -0.3 is 15.5 Å². The number of likely N-dealkylation sites (tertiary alicyclic amines) is 1. The smallest absolute Gasteiger partial charge is 0.253 e. The van der Waals surface area contributed by atoms with Gasteiger partial charge in [-0.05, 0) is 37.0 Å². The molecule has 20 heavy (non-hydrogen) atoms. The minimum Gasteiger partial charge on any atom is -0.382 e. The van der Waals surface area contributed by atoms with E-state index in [-0.39, 0.29) is 5.91 Å². The van der Waals surface area contributed by atoms with Crippen molar-refractivity contribution >= 4 is 17.3 Å². The fourth-order valence-electron chi connectivity index (χ4n) is 3.10. The number of amides is 1. The first kappa shape index (κ1) is 13.3. The van der Waals surface area contributed by atoms with E-state index in [1.165, 1.54) is 6.42 Å². The molecule has 0 radical (unpaired) electrons. The van der Waals surface area contributed by atoms with Crippen molar-refractivity contribution in [2.45, 2.75) is 26.2 Å². The highest BCUT2D eigenvalue weighted by molar-refractivity contribution is 5.96. The lowest BCUT2D eigenvalue weighted by Crippen LogP contribution is -2.38. The van der Waals surface area contributed by atoms with Crippen molar-refractivity contribution < 1.29 is 4.79 Å². The van der Waals surface area contributed by atoms with Crippen molar-refractivity contribution in [3.63, 3.8) is 0 Å². The normalized spacial score (nSPS) is 18.9. The van der Waals surface area contributed by atoms with E-state index in [0.29, 0.717) is 0 Å². The number of carbonyl (C=O) groups excluding carboxylic acids is 1. The molecular weight excluding hydrogens is 250 g/mol. The molecule has 0 aliphatic carbocycles. The maximum atomic E-state index is 12.6. The highest BCUT2D eigenvalue weighted by Gasteiger charge is 2.23. The van der Waals surface area contributed by atoms with E-state index in [1.807, 2.05) is 23.1 Å². The van der Waals surface area contributed by atoms with E-state index in [2.05, 4.69) is 17.6 Å². The molecule has 1 saturated heterocycles. The molecule has 0 spiro atoms. The van der Waals surface area contributed by atoms with Gasteiger partial charge in [-0.1, -0.05) is 13.3 Å². The number of fused-ring (bicyclic) bond motifs is 1. The standard InChI is InChI=1S/C16H23N3O/c1-2-12-5-9-19(10-6-12)16(20)13-3-4-14-15(11-13)18-8-7-17-14/h3-4,11-12,17-18H,2,5-10H2,1H3. The Labute approximate surface area is 120 Å². The summed E-state index contributed by atoms with van der Waals surface area (Å²) in [7, 11) is 0. The van der Waals surface area contributed by atoms with E-state index in [4.69, 9.17) is 0 Å². The fourth-order valence-corrected chi connectivity index (χ4v) is 3.10. The second kappa shape index (κ2) is 5.73. The van der Waals surface area contributed by atoms with Gasteiger partial charge in [-0.2, -0.15) is 0 Å². The lowest BCUT2D eigenvalue weighted by molar-refractivity contribution is 0.0689. The van der Waals surface area contributed by atoms with E-state index >= 15 is 0 Å². The predicted octanol–water partition coefficient (Wildman–Crippen LogP) is 2.79. The first-order valence-corrected chi connectivity index (χ1v) is 7.69. The minimum atomic E-state index is 0.176. The molecule has 3 rings (SSSR count). The van der Waals surface area contributed by atoms with Crippen molar-refractivity contribution in [1.29, 1.82) is 0 Å². The van der Waals surface area contributed by atoms with Gasteiger partial charge in [0.15, 0.2) is 0 Å². The molecule has 0 unspecified atom stereocenters. The summed E-state index contributed by atoms with van der Waals surface area (Å²) in [6.45, 7) is 5.89. The Morgan fingerprint density at radius 2 is 1.90 bits per heavy atom. The Morgan fingerprint density at radius 1 is 1.20 bits per heavy atom. The summed E-state index contributed by atoms with van der Waals surface area (Å²) >= 11 is 0. The maximum absolute atomic E-state index is 12.6. The molecule has 2 heterocycles. The molecule has 2 aliphatic rings. The zero-order chi connectivity index (χ0) is 13.9. The van der Waals surface area contributed by atoms with Crippen LogP contribution >= 0.6 is 0 Å². The van der Waals surface area contributed by atoms with Gasteiger partial charge in [0.1, 0.15) is 0 Å². The molecule has 1 aromatic carbocycles. The van der Waals surface area contributed by atoms with Crippen LogP contribution in [0.4, 0.5) is 11.4 Å². The largest absolute Gasteiger partial charge is 0.382 e. The van der Waals surface area contributed by atoms with Crippen LogP contribution in [0.1, 0.15) is 36.5 Å². The highest BCUT2D eigenvalue weighted by Crippen LogP contribution is 2.27. The number of piperidine rings is 1. The first-order valence-electron chi connectivity index (χ1n) is 7.69. The molecular formula is C16H23N3O. The third-order valence-corrected chi connectivity index (χ3v) is 4.50. The van der Waals surface area contributed by atoms with Crippen LogP contribution in [0.25, 0.3) is 0 Å². The Hall–Kier alpha value is -1.71. The zero-order valence-electron chi connectivity index (χ0n) is 12.1. The summed E-state index contributed by atoms with van der Waals surface area (Å²) < 4.78 is 0. The van der Waals surface area contributed by atoms with Crippen LogP contribution in [-0.4, -0.2) is 37.0 Å². The summed E-state index contributed by atoms with van der Waals surface area (Å²) in [4.78, 5) is 14.6. The highest BCUT2D eigenvalue weighted by atomic mass is 16.2. The van der Waals surface area contributed by atoms with Crippen molar-refractivity contribution in [3.8, 4) is 0 Å². The summed E-state index contributed by atoms with van der Waals surface area (Å²) in [6.07, 6.45) is 3.52. The number of anilines is 2. The Kier molecular flexibility index (Phi) is 3.81. The molecule has 4 nitrogen and oxygen atoms in total. The Morgan fingerprint density at radius 3 is 2.60 bits per heavy atom. The zero-order valence-corrected chi connectivity index (χ0v) is 12.1. The van der Waals surface area contributed by atoms with Gasteiger partial charge in [0.2, 0.25) is 0 Å². The number of nitrogens with one attached hydrogen (secondary N) is 2. The predicted molar refractivity (Wildman–Crippen MR) is 82.3 cm³/mol.